The summed E-state index contributed by atoms with van der Waals surface area (Å²) in [7, 11) is 0. The summed E-state index contributed by atoms with van der Waals surface area (Å²) in [5.74, 6) is 1.86. The fraction of sp³-hybridized carbons (Fsp3) is 0.522. The Kier molecular flexibility index (Phi) is 7.13. The van der Waals surface area contributed by atoms with Gasteiger partial charge in [-0.3, -0.25) is 9.89 Å². The van der Waals surface area contributed by atoms with Gasteiger partial charge < -0.3 is 15.1 Å². The highest BCUT2D eigenvalue weighted by Crippen LogP contribution is 2.18. The van der Waals surface area contributed by atoms with Gasteiger partial charge in [0.1, 0.15) is 0 Å². The number of aliphatic imine (C=N–C) groups is 1. The molecule has 7 heteroatoms. The van der Waals surface area contributed by atoms with E-state index >= 15 is 0 Å². The number of nitrogens with zero attached hydrogens (tertiary/aromatic N) is 6. The van der Waals surface area contributed by atoms with Gasteiger partial charge in [-0.2, -0.15) is 0 Å². The van der Waals surface area contributed by atoms with Crippen molar-refractivity contribution in [2.45, 2.75) is 26.3 Å². The normalized spacial score (nSPS) is 17.7. The van der Waals surface area contributed by atoms with Crippen molar-refractivity contribution >= 4 is 11.9 Å². The molecule has 7 nitrogen and oxygen atoms in total. The van der Waals surface area contributed by atoms with Crippen LogP contribution in [0.1, 0.15) is 24.5 Å². The van der Waals surface area contributed by atoms with Gasteiger partial charge in [0.05, 0.1) is 0 Å². The zero-order valence-corrected chi connectivity index (χ0v) is 18.0. The van der Waals surface area contributed by atoms with Gasteiger partial charge in [-0.15, -0.1) is 0 Å². The molecular weight excluding hydrogens is 374 g/mol. The van der Waals surface area contributed by atoms with E-state index in [2.05, 4.69) is 61.2 Å². The van der Waals surface area contributed by atoms with Crippen LogP contribution in [0, 0.1) is 0 Å². The van der Waals surface area contributed by atoms with E-state index in [9.17, 15) is 0 Å². The van der Waals surface area contributed by atoms with Crippen LogP contribution in [0.2, 0.25) is 0 Å². The molecule has 0 aliphatic carbocycles. The van der Waals surface area contributed by atoms with Crippen LogP contribution in [-0.4, -0.2) is 78.1 Å². The largest absolute Gasteiger partial charge is 0.357 e. The Hall–Kier alpha value is -2.67. The van der Waals surface area contributed by atoms with Crippen LogP contribution >= 0.6 is 0 Å². The van der Waals surface area contributed by atoms with Crippen LogP contribution in [-0.2, 0) is 13.0 Å². The minimum atomic E-state index is 0.821. The van der Waals surface area contributed by atoms with Crippen LogP contribution in [0.3, 0.4) is 0 Å². The Morgan fingerprint density at radius 3 is 2.53 bits per heavy atom. The smallest absolute Gasteiger partial charge is 0.225 e. The van der Waals surface area contributed by atoms with Crippen molar-refractivity contribution in [2.75, 3.05) is 57.3 Å². The number of aromatic nitrogens is 2. The molecule has 0 unspecified atom stereocenters. The molecule has 4 rings (SSSR count). The van der Waals surface area contributed by atoms with E-state index in [0.717, 1.165) is 83.7 Å². The van der Waals surface area contributed by atoms with Gasteiger partial charge in [0.15, 0.2) is 5.96 Å². The van der Waals surface area contributed by atoms with Gasteiger partial charge in [0, 0.05) is 71.3 Å². The SMILES string of the molecule is CCNC(=NCCCN1CCc2ccccc2C1)N1CCN(c2ncccn2)CC1. The summed E-state index contributed by atoms with van der Waals surface area (Å²) in [5.41, 5.74) is 3.00. The molecule has 1 aromatic carbocycles. The van der Waals surface area contributed by atoms with Crippen molar-refractivity contribution in [1.82, 2.24) is 25.1 Å². The first-order valence-corrected chi connectivity index (χ1v) is 11.2. The van der Waals surface area contributed by atoms with E-state index in [1.807, 2.05) is 6.07 Å². The van der Waals surface area contributed by atoms with E-state index in [1.165, 1.54) is 11.1 Å². The van der Waals surface area contributed by atoms with Gasteiger partial charge in [-0.05, 0) is 37.0 Å². The maximum Gasteiger partial charge on any atom is 0.225 e. The minimum absolute atomic E-state index is 0.821. The van der Waals surface area contributed by atoms with Gasteiger partial charge in [-0.1, -0.05) is 24.3 Å². The van der Waals surface area contributed by atoms with Crippen molar-refractivity contribution in [1.29, 1.82) is 0 Å². The second-order valence-corrected chi connectivity index (χ2v) is 7.91. The zero-order valence-electron chi connectivity index (χ0n) is 18.0. The first-order chi connectivity index (χ1) is 14.8. The summed E-state index contributed by atoms with van der Waals surface area (Å²) in [6.07, 6.45) is 5.87. The van der Waals surface area contributed by atoms with E-state index in [-0.39, 0.29) is 0 Å². The molecule has 0 saturated carbocycles. The van der Waals surface area contributed by atoms with Crippen molar-refractivity contribution in [2.24, 2.45) is 4.99 Å². The second-order valence-electron chi connectivity index (χ2n) is 7.91. The lowest BCUT2D eigenvalue weighted by molar-refractivity contribution is 0.252. The standard InChI is InChI=1S/C23H33N7/c1-2-24-22(29-15-17-30(18-16-29)23-25-10-5-11-26-23)27-12-6-13-28-14-9-20-7-3-4-8-21(20)19-28/h3-5,7-8,10-11H,2,6,9,12-19H2,1H3,(H,24,27). The topological polar surface area (TPSA) is 59.9 Å². The molecule has 1 N–H and O–H groups in total. The molecule has 1 aromatic heterocycles. The summed E-state index contributed by atoms with van der Waals surface area (Å²) in [6.45, 7) is 10.9. The molecule has 160 valence electrons. The third kappa shape index (κ3) is 5.27. The molecule has 1 fully saturated rings. The molecule has 3 heterocycles. The molecule has 0 radical (unpaired) electrons. The highest BCUT2D eigenvalue weighted by Gasteiger charge is 2.21. The molecule has 2 aliphatic rings. The van der Waals surface area contributed by atoms with Gasteiger partial charge in [0.25, 0.3) is 0 Å². The second kappa shape index (κ2) is 10.4. The third-order valence-corrected chi connectivity index (χ3v) is 5.85. The highest BCUT2D eigenvalue weighted by molar-refractivity contribution is 5.80. The van der Waals surface area contributed by atoms with Crippen LogP contribution in [0.5, 0.6) is 0 Å². The quantitative estimate of drug-likeness (QED) is 0.449. The summed E-state index contributed by atoms with van der Waals surface area (Å²) in [6, 6.07) is 10.7. The van der Waals surface area contributed by atoms with Gasteiger partial charge in [-0.25, -0.2) is 9.97 Å². The van der Waals surface area contributed by atoms with Crippen molar-refractivity contribution in [3.63, 3.8) is 0 Å². The highest BCUT2D eigenvalue weighted by atomic mass is 15.4. The maximum absolute atomic E-state index is 4.92. The van der Waals surface area contributed by atoms with Gasteiger partial charge >= 0.3 is 0 Å². The third-order valence-electron chi connectivity index (χ3n) is 5.85. The van der Waals surface area contributed by atoms with E-state index in [1.54, 1.807) is 12.4 Å². The number of benzene rings is 1. The number of hydrogen-bond donors (Lipinski definition) is 1. The maximum atomic E-state index is 4.92. The molecule has 30 heavy (non-hydrogen) atoms. The number of hydrogen-bond acceptors (Lipinski definition) is 5. The molecule has 1 saturated heterocycles. The van der Waals surface area contributed by atoms with Crippen LogP contribution < -0.4 is 10.2 Å². The molecule has 2 aromatic rings. The number of guanidine groups is 1. The molecule has 0 bridgehead atoms. The average Bonchev–Trinajstić information content (AvgIpc) is 2.82. The van der Waals surface area contributed by atoms with Gasteiger partial charge in [0.2, 0.25) is 5.95 Å². The molecule has 0 amide bonds. The Bertz CT molecular complexity index is 815. The Morgan fingerprint density at radius 1 is 1.00 bits per heavy atom. The van der Waals surface area contributed by atoms with E-state index in [0.29, 0.717) is 0 Å². The number of anilines is 1. The van der Waals surface area contributed by atoms with E-state index in [4.69, 9.17) is 4.99 Å². The predicted octanol–water partition coefficient (Wildman–Crippen LogP) is 2.01. The average molecular weight is 408 g/mol. The summed E-state index contributed by atoms with van der Waals surface area (Å²) >= 11 is 0. The van der Waals surface area contributed by atoms with Crippen LogP contribution in [0.25, 0.3) is 0 Å². The van der Waals surface area contributed by atoms with Crippen molar-refractivity contribution < 1.29 is 0 Å². The van der Waals surface area contributed by atoms with Crippen molar-refractivity contribution in [3.8, 4) is 0 Å². The Morgan fingerprint density at radius 2 is 1.77 bits per heavy atom. The predicted molar refractivity (Wildman–Crippen MR) is 122 cm³/mol. The fourth-order valence-corrected chi connectivity index (χ4v) is 4.22. The molecule has 0 spiro atoms. The monoisotopic (exact) mass is 407 g/mol. The number of piperazine rings is 1. The van der Waals surface area contributed by atoms with Crippen molar-refractivity contribution in [3.05, 3.63) is 53.9 Å². The Labute approximate surface area is 179 Å². The lowest BCUT2D eigenvalue weighted by Gasteiger charge is -2.36. The van der Waals surface area contributed by atoms with E-state index < -0.39 is 0 Å². The minimum Gasteiger partial charge on any atom is -0.357 e. The molecular formula is C23H33N7. The van der Waals surface area contributed by atoms with Crippen LogP contribution in [0.15, 0.2) is 47.7 Å². The van der Waals surface area contributed by atoms with Crippen LogP contribution in [0.4, 0.5) is 5.95 Å². The fourth-order valence-electron chi connectivity index (χ4n) is 4.22. The first kappa shape index (κ1) is 20.6. The lowest BCUT2D eigenvalue weighted by Crippen LogP contribution is -2.53. The molecule has 0 atom stereocenters. The summed E-state index contributed by atoms with van der Waals surface area (Å²) in [5, 5.41) is 3.47. The molecule has 2 aliphatic heterocycles. The summed E-state index contributed by atoms with van der Waals surface area (Å²) in [4.78, 5) is 20.8. The lowest BCUT2D eigenvalue weighted by atomic mass is 10.00. The zero-order chi connectivity index (χ0) is 20.6. The Balaban J connectivity index is 1.24. The first-order valence-electron chi connectivity index (χ1n) is 11.2. The number of fused-ring (bicyclic) bond motifs is 1. The number of rotatable bonds is 6. The summed E-state index contributed by atoms with van der Waals surface area (Å²) < 4.78 is 0. The number of nitrogens with one attached hydrogen (secondary N) is 1.